The maximum absolute atomic E-state index is 13.4. The number of fused-ring (bicyclic) bond motifs is 8. The quantitative estimate of drug-likeness (QED) is 0.193. The highest BCUT2D eigenvalue weighted by Crippen LogP contribution is 2.44. The Balaban J connectivity index is 2.02. The predicted octanol–water partition coefficient (Wildman–Crippen LogP) is 5.77. The van der Waals surface area contributed by atoms with E-state index in [2.05, 4.69) is 16.5 Å². The molecule has 11 heteroatoms. The second kappa shape index (κ2) is 14.0. The van der Waals surface area contributed by atoms with Crippen molar-refractivity contribution in [2.75, 3.05) is 27.9 Å². The Morgan fingerprint density at radius 2 is 1.58 bits per heavy atom. The van der Waals surface area contributed by atoms with Crippen molar-refractivity contribution in [3.8, 4) is 0 Å². The number of aromatic nitrogens is 4. The number of carbonyl (C=O) groups is 3. The number of hydrogen-bond donors (Lipinski definition) is 3. The average Bonchev–Trinajstić information content (AvgIpc) is 3.75. The Bertz CT molecular complexity index is 2020. The van der Waals surface area contributed by atoms with Gasteiger partial charge in [-0.05, 0) is 74.1 Å². The molecule has 8 bridgehead atoms. The Hall–Kier alpha value is -5.03. The zero-order chi connectivity index (χ0) is 34.9. The van der Waals surface area contributed by atoms with Crippen molar-refractivity contribution < 1.29 is 33.7 Å². The molecule has 11 nitrogen and oxygen atoms in total. The van der Waals surface area contributed by atoms with Crippen LogP contribution in [0.5, 0.6) is 0 Å². The van der Waals surface area contributed by atoms with Gasteiger partial charge in [-0.2, -0.15) is 0 Å². The van der Waals surface area contributed by atoms with E-state index in [1.165, 1.54) is 21.3 Å². The Morgan fingerprint density at radius 1 is 0.896 bits per heavy atom. The second-order valence-corrected chi connectivity index (χ2v) is 12.2. The maximum atomic E-state index is 13.4. The number of nitrogens with one attached hydrogen (secondary N) is 2. The molecule has 0 aliphatic carbocycles. The van der Waals surface area contributed by atoms with Crippen molar-refractivity contribution in [1.29, 1.82) is 0 Å². The van der Waals surface area contributed by atoms with Crippen molar-refractivity contribution in [3.05, 3.63) is 75.4 Å². The minimum atomic E-state index is -0.602. The van der Waals surface area contributed by atoms with Gasteiger partial charge in [0.2, 0.25) is 0 Å². The van der Waals surface area contributed by atoms with Crippen LogP contribution in [0.4, 0.5) is 0 Å². The van der Waals surface area contributed by atoms with Crippen molar-refractivity contribution >= 4 is 57.2 Å². The highest BCUT2D eigenvalue weighted by atomic mass is 16.5. The first-order chi connectivity index (χ1) is 23.0. The molecule has 2 aliphatic heterocycles. The van der Waals surface area contributed by atoms with E-state index in [9.17, 15) is 19.5 Å². The van der Waals surface area contributed by atoms with Crippen LogP contribution in [0.2, 0.25) is 0 Å². The second-order valence-electron chi connectivity index (χ2n) is 12.2. The molecule has 48 heavy (non-hydrogen) atoms. The number of H-pyrrole nitrogens is 2. The number of esters is 3. The van der Waals surface area contributed by atoms with E-state index >= 15 is 0 Å². The van der Waals surface area contributed by atoms with Crippen molar-refractivity contribution in [3.63, 3.8) is 0 Å². The molecule has 3 N–H and O–H groups in total. The van der Waals surface area contributed by atoms with Gasteiger partial charge < -0.3 is 29.3 Å². The number of allylic oxidation sites excluding steroid dienone is 1. The van der Waals surface area contributed by atoms with E-state index in [0.29, 0.717) is 35.4 Å². The topological polar surface area (TPSA) is 156 Å². The fourth-order valence-electron chi connectivity index (χ4n) is 6.76. The van der Waals surface area contributed by atoms with Crippen molar-refractivity contribution in [1.82, 2.24) is 19.9 Å². The highest BCUT2D eigenvalue weighted by molar-refractivity contribution is 6.25. The van der Waals surface area contributed by atoms with Gasteiger partial charge in [-0.3, -0.25) is 14.6 Å². The lowest BCUT2D eigenvalue weighted by Gasteiger charge is -2.18. The lowest BCUT2D eigenvalue weighted by atomic mass is 9.84. The minimum absolute atomic E-state index is 0.0249. The van der Waals surface area contributed by atoms with Gasteiger partial charge >= 0.3 is 17.9 Å². The van der Waals surface area contributed by atoms with Crippen LogP contribution in [-0.4, -0.2) is 70.9 Å². The molecule has 0 fully saturated rings. The normalized spacial score (nSPS) is 15.8. The third kappa shape index (κ3) is 6.17. The molecule has 5 rings (SSSR count). The molecule has 0 saturated heterocycles. The van der Waals surface area contributed by atoms with E-state index in [1.54, 1.807) is 13.0 Å². The van der Waals surface area contributed by atoms with E-state index < -0.39 is 11.9 Å². The number of carbonyl (C=O) groups excluding carboxylic acids is 3. The molecule has 0 amide bonds. The summed E-state index contributed by atoms with van der Waals surface area (Å²) in [6.07, 6.45) is 2.51. The number of nitrogens with zero attached hydrogens (tertiary/aromatic N) is 2. The lowest BCUT2D eigenvalue weighted by molar-refractivity contribution is -0.141. The number of aliphatic hydroxyl groups is 1. The van der Waals surface area contributed by atoms with Crippen LogP contribution in [0.15, 0.2) is 24.8 Å². The summed E-state index contributed by atoms with van der Waals surface area (Å²) in [5.41, 5.74) is 10.3. The van der Waals surface area contributed by atoms with Gasteiger partial charge in [-0.1, -0.05) is 19.6 Å². The van der Waals surface area contributed by atoms with Gasteiger partial charge in [-0.25, -0.2) is 9.78 Å². The number of aromatic amines is 2. The van der Waals surface area contributed by atoms with Gasteiger partial charge in [0.1, 0.15) is 0 Å². The molecule has 2 aliphatic rings. The zero-order valence-corrected chi connectivity index (χ0v) is 28.5. The monoisotopic (exact) mass is 654 g/mol. The molecule has 252 valence electrons. The Labute approximate surface area is 279 Å². The molecule has 0 radical (unpaired) electrons. The number of aliphatic hydroxyl groups excluding tert-OH is 1. The Morgan fingerprint density at radius 3 is 2.23 bits per heavy atom. The SMILES string of the molecule is C=Cc1c(C)c2cc3[nH]c(cc4nc(c(CC(=O)OC)c5nc(cc1[nH]2)C(C)=C5C(=O)OC)[C@@H](CCC(=O)OC)[C@@H]4C)c(C)c3CCO. The van der Waals surface area contributed by atoms with Gasteiger partial charge in [0, 0.05) is 63.8 Å². The number of aryl methyl sites for hydroxylation is 2. The van der Waals surface area contributed by atoms with Crippen molar-refractivity contribution in [2.24, 2.45) is 0 Å². The lowest BCUT2D eigenvalue weighted by Crippen LogP contribution is -2.15. The predicted molar refractivity (Wildman–Crippen MR) is 184 cm³/mol. The third-order valence-corrected chi connectivity index (χ3v) is 9.57. The summed E-state index contributed by atoms with van der Waals surface area (Å²) in [6, 6.07) is 5.86. The molecule has 0 unspecified atom stereocenters. The van der Waals surface area contributed by atoms with E-state index in [-0.39, 0.29) is 48.5 Å². The van der Waals surface area contributed by atoms with Gasteiger partial charge in [0.25, 0.3) is 0 Å². The summed E-state index contributed by atoms with van der Waals surface area (Å²) in [5.74, 6) is -2.01. The number of methoxy groups -OCH3 is 3. The molecule has 5 heterocycles. The van der Waals surface area contributed by atoms with Crippen LogP contribution in [-0.2, 0) is 41.4 Å². The van der Waals surface area contributed by atoms with Crippen LogP contribution < -0.4 is 0 Å². The first-order valence-corrected chi connectivity index (χ1v) is 15.9. The van der Waals surface area contributed by atoms with E-state index in [0.717, 1.165) is 50.0 Å². The fraction of sp³-hybridized carbons (Fsp3) is 0.378. The molecule has 0 aromatic carbocycles. The summed E-state index contributed by atoms with van der Waals surface area (Å²) >= 11 is 0. The van der Waals surface area contributed by atoms with Crippen LogP contribution in [0.3, 0.4) is 0 Å². The number of rotatable bonds is 9. The van der Waals surface area contributed by atoms with Crippen LogP contribution in [0.1, 0.15) is 89.1 Å². The molecule has 2 atom stereocenters. The average molecular weight is 655 g/mol. The van der Waals surface area contributed by atoms with Crippen LogP contribution >= 0.6 is 0 Å². The fourth-order valence-corrected chi connectivity index (χ4v) is 6.76. The third-order valence-electron chi connectivity index (χ3n) is 9.57. The largest absolute Gasteiger partial charge is 0.469 e. The molecule has 3 aromatic rings. The summed E-state index contributed by atoms with van der Waals surface area (Å²) in [6.45, 7) is 11.8. The van der Waals surface area contributed by atoms with E-state index in [1.807, 2.05) is 39.0 Å². The van der Waals surface area contributed by atoms with Gasteiger partial charge in [0.15, 0.2) is 0 Å². The molecular weight excluding hydrogens is 612 g/mol. The number of ether oxygens (including phenoxy) is 3. The minimum Gasteiger partial charge on any atom is -0.469 e. The first kappa shape index (κ1) is 34.3. The Kier molecular flexibility index (Phi) is 10.00. The summed E-state index contributed by atoms with van der Waals surface area (Å²) < 4.78 is 15.3. The highest BCUT2D eigenvalue weighted by Gasteiger charge is 2.36. The summed E-state index contributed by atoms with van der Waals surface area (Å²) in [4.78, 5) is 56.0. The standard InChI is InChI=1S/C37H42N4O7/c1-9-22-18(2)27-16-31-23(12-13-42)19(3)26(39-31)15-28-20(4)24(10-11-32(43)46-6)35(40-28)25(14-33(44)47-7)36-34(37(45)48-8)21(5)29(41-36)17-30(22)38-27/h9,15-17,20,24,38-39,42H,1,10-14H2,2-8H3/t20-,24-/m0/s1. The van der Waals surface area contributed by atoms with Crippen LogP contribution in [0.25, 0.3) is 39.3 Å². The molecular formula is C37H42N4O7. The number of hydrogen-bond acceptors (Lipinski definition) is 9. The zero-order valence-electron chi connectivity index (χ0n) is 28.5. The first-order valence-electron chi connectivity index (χ1n) is 15.9. The summed E-state index contributed by atoms with van der Waals surface area (Å²) in [7, 11) is 3.95. The van der Waals surface area contributed by atoms with Gasteiger partial charge in [-0.15, -0.1) is 0 Å². The molecule has 0 spiro atoms. The van der Waals surface area contributed by atoms with Gasteiger partial charge in [0.05, 0.1) is 50.4 Å². The maximum Gasteiger partial charge on any atom is 0.340 e. The van der Waals surface area contributed by atoms with E-state index in [4.69, 9.17) is 24.2 Å². The molecule has 3 aromatic heterocycles. The van der Waals surface area contributed by atoms with Crippen molar-refractivity contribution in [2.45, 2.75) is 65.2 Å². The van der Waals surface area contributed by atoms with Crippen LogP contribution in [0, 0.1) is 13.8 Å². The summed E-state index contributed by atoms with van der Waals surface area (Å²) in [5, 5.41) is 9.98. The smallest absolute Gasteiger partial charge is 0.340 e. The molecule has 0 saturated carbocycles.